The number of carboxylic acid groups (broad SMARTS) is 1. The molecule has 4 rings (SSSR count). The molecule has 0 unspecified atom stereocenters. The minimum absolute atomic E-state index is 0.182. The maximum Gasteiger partial charge on any atom is 0.417 e. The van der Waals surface area contributed by atoms with Crippen LogP contribution in [0.25, 0.3) is 16.6 Å². The number of nitrogens with zero attached hydrogens (tertiary/aromatic N) is 1. The van der Waals surface area contributed by atoms with Gasteiger partial charge in [-0.2, -0.15) is 13.2 Å². The van der Waals surface area contributed by atoms with Gasteiger partial charge < -0.3 is 9.67 Å². The topological polar surface area (TPSA) is 59.3 Å². The Morgan fingerprint density at radius 1 is 0.848 bits per heavy atom. The molecule has 4 aromatic rings. The zero-order valence-corrected chi connectivity index (χ0v) is 16.3. The smallest absolute Gasteiger partial charge is 0.417 e. The highest BCUT2D eigenvalue weighted by atomic mass is 19.4. The molecule has 0 saturated carbocycles. The van der Waals surface area contributed by atoms with Crippen LogP contribution in [0, 0.1) is 17.5 Å². The number of carbonyl (C=O) groups is 2. The van der Waals surface area contributed by atoms with E-state index in [1.807, 2.05) is 0 Å². The number of ketones is 1. The molecule has 0 aliphatic carbocycles. The van der Waals surface area contributed by atoms with Crippen molar-refractivity contribution in [1.82, 2.24) is 4.57 Å². The summed E-state index contributed by atoms with van der Waals surface area (Å²) < 4.78 is 84.9. The van der Waals surface area contributed by atoms with Gasteiger partial charge in [0.2, 0.25) is 0 Å². The Morgan fingerprint density at radius 3 is 2.15 bits per heavy atom. The van der Waals surface area contributed by atoms with Gasteiger partial charge in [0, 0.05) is 17.1 Å². The van der Waals surface area contributed by atoms with Crippen molar-refractivity contribution in [2.75, 3.05) is 0 Å². The van der Waals surface area contributed by atoms with E-state index in [2.05, 4.69) is 0 Å². The molecule has 33 heavy (non-hydrogen) atoms. The molecule has 0 aliphatic rings. The van der Waals surface area contributed by atoms with E-state index >= 15 is 0 Å². The van der Waals surface area contributed by atoms with Gasteiger partial charge in [-0.1, -0.05) is 18.2 Å². The second-order valence-electron chi connectivity index (χ2n) is 7.01. The molecule has 1 aromatic heterocycles. The summed E-state index contributed by atoms with van der Waals surface area (Å²) in [6.07, 6.45) is -4.16. The molecular formula is C23H11F6NO3. The Kier molecular flexibility index (Phi) is 5.23. The lowest BCUT2D eigenvalue weighted by molar-refractivity contribution is -0.138. The molecule has 10 heteroatoms. The fourth-order valence-electron chi connectivity index (χ4n) is 3.57. The largest absolute Gasteiger partial charge is 0.478 e. The monoisotopic (exact) mass is 463 g/mol. The van der Waals surface area contributed by atoms with Gasteiger partial charge in [-0.15, -0.1) is 0 Å². The minimum Gasteiger partial charge on any atom is -0.478 e. The van der Waals surface area contributed by atoms with E-state index in [-0.39, 0.29) is 16.6 Å². The normalized spacial score (nSPS) is 11.7. The van der Waals surface area contributed by atoms with Crippen LogP contribution in [0.4, 0.5) is 26.3 Å². The highest BCUT2D eigenvalue weighted by Crippen LogP contribution is 2.36. The molecule has 0 amide bonds. The van der Waals surface area contributed by atoms with Gasteiger partial charge in [-0.3, -0.25) is 4.79 Å². The summed E-state index contributed by atoms with van der Waals surface area (Å²) in [4.78, 5) is 24.1. The van der Waals surface area contributed by atoms with Crippen molar-refractivity contribution < 1.29 is 41.0 Å². The van der Waals surface area contributed by atoms with E-state index in [4.69, 9.17) is 5.11 Å². The molecule has 0 radical (unpaired) electrons. The molecule has 1 N–H and O–H groups in total. The van der Waals surface area contributed by atoms with Gasteiger partial charge in [-0.05, 0) is 36.4 Å². The van der Waals surface area contributed by atoms with Gasteiger partial charge in [0.25, 0.3) is 0 Å². The quantitative estimate of drug-likeness (QED) is 0.299. The molecule has 168 valence electrons. The molecule has 0 saturated heterocycles. The van der Waals surface area contributed by atoms with E-state index in [1.165, 1.54) is 12.1 Å². The highest BCUT2D eigenvalue weighted by Gasteiger charge is 2.37. The molecular weight excluding hydrogens is 452 g/mol. The zero-order valence-electron chi connectivity index (χ0n) is 16.3. The SMILES string of the molecule is O=C(O)c1ccc(-n2cc(C(=O)c3c(F)cccc3C(F)(F)F)c3cccc(F)c32)c(F)c1. The van der Waals surface area contributed by atoms with E-state index in [0.29, 0.717) is 18.2 Å². The van der Waals surface area contributed by atoms with Crippen LogP contribution in [0.15, 0.2) is 60.8 Å². The number of aromatic carboxylic acids is 1. The highest BCUT2D eigenvalue weighted by molar-refractivity contribution is 6.17. The van der Waals surface area contributed by atoms with Crippen molar-refractivity contribution >= 4 is 22.7 Å². The number of rotatable bonds is 4. The summed E-state index contributed by atoms with van der Waals surface area (Å²) >= 11 is 0. The number of aromatic nitrogens is 1. The first-order chi connectivity index (χ1) is 15.5. The van der Waals surface area contributed by atoms with Crippen molar-refractivity contribution in [3.8, 4) is 5.69 Å². The minimum atomic E-state index is -5.05. The molecule has 0 aliphatic heterocycles. The summed E-state index contributed by atoms with van der Waals surface area (Å²) in [7, 11) is 0. The second-order valence-corrected chi connectivity index (χ2v) is 7.01. The van der Waals surface area contributed by atoms with Crippen LogP contribution in [-0.2, 0) is 6.18 Å². The lowest BCUT2D eigenvalue weighted by atomic mass is 9.97. The number of fused-ring (bicyclic) bond motifs is 1. The number of para-hydroxylation sites is 1. The predicted molar refractivity (Wildman–Crippen MR) is 105 cm³/mol. The Hall–Kier alpha value is -4.08. The maximum atomic E-state index is 14.7. The molecule has 0 bridgehead atoms. The van der Waals surface area contributed by atoms with Crippen molar-refractivity contribution in [3.63, 3.8) is 0 Å². The van der Waals surface area contributed by atoms with Gasteiger partial charge in [0.1, 0.15) is 17.5 Å². The van der Waals surface area contributed by atoms with Gasteiger partial charge in [0.05, 0.1) is 27.9 Å². The summed E-state index contributed by atoms with van der Waals surface area (Å²) in [5.74, 6) is -6.24. The average molecular weight is 463 g/mol. The Labute approximate surface area is 181 Å². The van der Waals surface area contributed by atoms with Crippen molar-refractivity contribution in [3.05, 3.63) is 100 Å². The number of carbonyl (C=O) groups excluding carboxylic acids is 1. The van der Waals surface area contributed by atoms with Crippen LogP contribution in [0.3, 0.4) is 0 Å². The number of carboxylic acids is 1. The third kappa shape index (κ3) is 3.73. The van der Waals surface area contributed by atoms with Crippen LogP contribution in [0.1, 0.15) is 31.8 Å². The van der Waals surface area contributed by atoms with E-state index in [0.717, 1.165) is 35.0 Å². The van der Waals surface area contributed by atoms with Crippen LogP contribution >= 0.6 is 0 Å². The van der Waals surface area contributed by atoms with Gasteiger partial charge >= 0.3 is 12.1 Å². The zero-order chi connectivity index (χ0) is 24.1. The second kappa shape index (κ2) is 7.80. The third-order valence-electron chi connectivity index (χ3n) is 5.02. The standard InChI is InChI=1S/C23H11F6NO3/c24-15-5-2-4-14(23(27,28)29)19(15)21(31)13-10-30(20-12(13)3-1-6-16(20)25)18-8-7-11(22(32)33)9-17(18)26/h1-10H,(H,32,33). The van der Waals surface area contributed by atoms with Gasteiger partial charge in [0.15, 0.2) is 5.78 Å². The average Bonchev–Trinajstić information content (AvgIpc) is 3.13. The summed E-state index contributed by atoms with van der Waals surface area (Å²) in [6, 6.07) is 8.15. The third-order valence-corrected chi connectivity index (χ3v) is 5.02. The number of alkyl halides is 3. The van der Waals surface area contributed by atoms with Crippen molar-refractivity contribution in [2.45, 2.75) is 6.18 Å². The summed E-state index contributed by atoms with van der Waals surface area (Å²) in [5.41, 5.74) is -4.38. The van der Waals surface area contributed by atoms with E-state index in [9.17, 15) is 35.9 Å². The number of benzene rings is 3. The molecule has 0 fully saturated rings. The van der Waals surface area contributed by atoms with Crippen molar-refractivity contribution in [1.29, 1.82) is 0 Å². The lowest BCUT2D eigenvalue weighted by Gasteiger charge is -2.12. The summed E-state index contributed by atoms with van der Waals surface area (Å²) in [6.45, 7) is 0. The van der Waals surface area contributed by atoms with Crippen LogP contribution in [-0.4, -0.2) is 21.4 Å². The summed E-state index contributed by atoms with van der Waals surface area (Å²) in [5, 5.41) is 8.82. The number of hydrogen-bond acceptors (Lipinski definition) is 2. The predicted octanol–water partition coefficient (Wildman–Crippen LogP) is 6.00. The van der Waals surface area contributed by atoms with Crippen LogP contribution in [0.5, 0.6) is 0 Å². The molecule has 3 aromatic carbocycles. The Bertz CT molecular complexity index is 1440. The molecule has 4 nitrogen and oxygen atoms in total. The molecule has 0 spiro atoms. The molecule has 1 heterocycles. The number of halogens is 6. The number of hydrogen-bond donors (Lipinski definition) is 1. The fraction of sp³-hybridized carbons (Fsp3) is 0.0435. The Morgan fingerprint density at radius 2 is 1.52 bits per heavy atom. The van der Waals surface area contributed by atoms with E-state index < -0.39 is 57.6 Å². The maximum absolute atomic E-state index is 14.7. The first-order valence-corrected chi connectivity index (χ1v) is 9.24. The molecule has 0 atom stereocenters. The first kappa shape index (κ1) is 22.1. The van der Waals surface area contributed by atoms with Crippen LogP contribution < -0.4 is 0 Å². The van der Waals surface area contributed by atoms with E-state index in [1.54, 1.807) is 0 Å². The lowest BCUT2D eigenvalue weighted by Crippen LogP contribution is -2.15. The van der Waals surface area contributed by atoms with Gasteiger partial charge in [-0.25, -0.2) is 18.0 Å². The van der Waals surface area contributed by atoms with Crippen molar-refractivity contribution in [2.24, 2.45) is 0 Å². The Balaban J connectivity index is 1.99. The fourth-order valence-corrected chi connectivity index (χ4v) is 3.57. The van der Waals surface area contributed by atoms with Crippen LogP contribution in [0.2, 0.25) is 0 Å². The first-order valence-electron chi connectivity index (χ1n) is 9.24.